The minimum atomic E-state index is -0.710. The van der Waals surface area contributed by atoms with Crippen LogP contribution in [0.3, 0.4) is 0 Å². The number of carbonyl (C=O) groups excluding carboxylic acids is 3. The lowest BCUT2D eigenvalue weighted by atomic mass is 9.97. The molecule has 9 nitrogen and oxygen atoms in total. The highest BCUT2D eigenvalue weighted by Gasteiger charge is 2.41. The van der Waals surface area contributed by atoms with Gasteiger partial charge < -0.3 is 20.4 Å². The molecule has 3 amide bonds. The van der Waals surface area contributed by atoms with Gasteiger partial charge >= 0.3 is 0 Å². The van der Waals surface area contributed by atoms with Gasteiger partial charge in [-0.1, -0.05) is 12.8 Å². The molecule has 1 saturated carbocycles. The summed E-state index contributed by atoms with van der Waals surface area (Å²) in [6.45, 7) is 3.86. The van der Waals surface area contributed by atoms with Crippen molar-refractivity contribution in [2.75, 3.05) is 44.6 Å². The normalized spacial score (nSPS) is 27.1. The number of piperazine rings is 1. The van der Waals surface area contributed by atoms with Crippen LogP contribution in [0.25, 0.3) is 0 Å². The number of pyridine rings is 1. The van der Waals surface area contributed by atoms with E-state index in [0.29, 0.717) is 36.8 Å². The fourth-order valence-electron chi connectivity index (χ4n) is 5.57. The zero-order valence-electron chi connectivity index (χ0n) is 18.5. The molecule has 0 bridgehead atoms. The number of fused-ring (bicyclic) bond motifs is 1. The molecule has 2 N–H and O–H groups in total. The molecule has 1 spiro atoms. The van der Waals surface area contributed by atoms with Crippen molar-refractivity contribution in [3.8, 4) is 0 Å². The summed E-state index contributed by atoms with van der Waals surface area (Å²) in [7, 11) is 0. The van der Waals surface area contributed by atoms with Gasteiger partial charge in [0.2, 0.25) is 11.8 Å². The zero-order chi connectivity index (χ0) is 22.1. The maximum absolute atomic E-state index is 13.0. The van der Waals surface area contributed by atoms with Gasteiger partial charge in [-0.25, -0.2) is 4.98 Å². The highest BCUT2D eigenvalue weighted by atomic mass is 16.2. The first-order chi connectivity index (χ1) is 15.5. The van der Waals surface area contributed by atoms with Crippen LogP contribution < -0.4 is 10.6 Å². The van der Waals surface area contributed by atoms with Crippen molar-refractivity contribution < 1.29 is 14.4 Å². The average molecular weight is 441 g/mol. The van der Waals surface area contributed by atoms with Gasteiger partial charge in [0.1, 0.15) is 11.5 Å². The molecule has 4 aliphatic rings. The summed E-state index contributed by atoms with van der Waals surface area (Å²) in [5.41, 5.74) is -0.198. The van der Waals surface area contributed by atoms with Crippen LogP contribution in [0, 0.1) is 0 Å². The second-order valence-electron chi connectivity index (χ2n) is 9.48. The van der Waals surface area contributed by atoms with Crippen molar-refractivity contribution in [1.82, 2.24) is 25.0 Å². The molecular formula is C23H32N6O3. The Morgan fingerprint density at radius 1 is 1.06 bits per heavy atom. The monoisotopic (exact) mass is 440 g/mol. The summed E-state index contributed by atoms with van der Waals surface area (Å²) in [6.07, 6.45) is 8.13. The Bertz CT molecular complexity index is 893. The van der Waals surface area contributed by atoms with Gasteiger partial charge in [0, 0.05) is 57.8 Å². The SMILES string of the molecule is O=C1NC2(CCC(=O)N(CC(=O)N3CCN(C4CCCC4)CC3)CC2)Nc2ncccc21. The van der Waals surface area contributed by atoms with Gasteiger partial charge in [0.05, 0.1) is 12.1 Å². The van der Waals surface area contributed by atoms with E-state index in [1.807, 2.05) is 4.90 Å². The van der Waals surface area contributed by atoms with Gasteiger partial charge in [0.15, 0.2) is 0 Å². The molecule has 3 fully saturated rings. The van der Waals surface area contributed by atoms with Crippen molar-refractivity contribution in [3.05, 3.63) is 23.9 Å². The number of amides is 3. The van der Waals surface area contributed by atoms with Gasteiger partial charge in [-0.2, -0.15) is 0 Å². The summed E-state index contributed by atoms with van der Waals surface area (Å²) < 4.78 is 0. The number of likely N-dealkylation sites (tertiary alicyclic amines) is 1. The molecule has 1 unspecified atom stereocenters. The number of nitrogens with zero attached hydrogens (tertiary/aromatic N) is 4. The van der Waals surface area contributed by atoms with E-state index in [-0.39, 0.29) is 30.7 Å². The molecule has 2 saturated heterocycles. The molecule has 5 rings (SSSR count). The Morgan fingerprint density at radius 3 is 2.62 bits per heavy atom. The molecule has 172 valence electrons. The van der Waals surface area contributed by atoms with Crippen molar-refractivity contribution in [3.63, 3.8) is 0 Å². The van der Waals surface area contributed by atoms with Crippen LogP contribution in [-0.2, 0) is 9.59 Å². The Kier molecular flexibility index (Phi) is 5.75. The number of anilines is 1. The Balaban J connectivity index is 1.18. The number of nitrogens with one attached hydrogen (secondary N) is 2. The average Bonchev–Trinajstić information content (AvgIpc) is 3.31. The third-order valence-electron chi connectivity index (χ3n) is 7.52. The fourth-order valence-corrected chi connectivity index (χ4v) is 5.57. The van der Waals surface area contributed by atoms with Crippen molar-refractivity contribution in [2.45, 2.75) is 56.7 Å². The zero-order valence-corrected chi connectivity index (χ0v) is 18.5. The molecule has 1 atom stereocenters. The molecular weight excluding hydrogens is 408 g/mol. The molecule has 0 aromatic carbocycles. The van der Waals surface area contributed by atoms with E-state index in [9.17, 15) is 14.4 Å². The first kappa shape index (κ1) is 21.2. The van der Waals surface area contributed by atoms with Crippen LogP contribution in [-0.4, -0.2) is 88.4 Å². The smallest absolute Gasteiger partial charge is 0.256 e. The van der Waals surface area contributed by atoms with E-state index in [0.717, 1.165) is 26.2 Å². The van der Waals surface area contributed by atoms with Crippen LogP contribution in [0.5, 0.6) is 0 Å². The maximum atomic E-state index is 13.0. The van der Waals surface area contributed by atoms with E-state index in [1.54, 1.807) is 23.2 Å². The third kappa shape index (κ3) is 4.18. The molecule has 32 heavy (non-hydrogen) atoms. The first-order valence-electron chi connectivity index (χ1n) is 11.9. The van der Waals surface area contributed by atoms with Crippen molar-refractivity contribution in [1.29, 1.82) is 0 Å². The summed E-state index contributed by atoms with van der Waals surface area (Å²) in [4.78, 5) is 48.7. The van der Waals surface area contributed by atoms with Crippen LogP contribution in [0.1, 0.15) is 55.3 Å². The minimum Gasteiger partial charge on any atom is -0.347 e. The Morgan fingerprint density at radius 2 is 1.84 bits per heavy atom. The van der Waals surface area contributed by atoms with E-state index >= 15 is 0 Å². The quantitative estimate of drug-likeness (QED) is 0.729. The van der Waals surface area contributed by atoms with Crippen LogP contribution in [0.15, 0.2) is 18.3 Å². The van der Waals surface area contributed by atoms with E-state index in [2.05, 4.69) is 20.5 Å². The highest BCUT2D eigenvalue weighted by molar-refractivity contribution is 6.01. The topological polar surface area (TPSA) is 97.9 Å². The second-order valence-corrected chi connectivity index (χ2v) is 9.48. The summed E-state index contributed by atoms with van der Waals surface area (Å²) in [5, 5.41) is 6.40. The number of hydrogen-bond donors (Lipinski definition) is 2. The number of rotatable bonds is 3. The number of carbonyl (C=O) groups is 3. The summed E-state index contributed by atoms with van der Waals surface area (Å²) >= 11 is 0. The summed E-state index contributed by atoms with van der Waals surface area (Å²) in [5.74, 6) is 0.355. The maximum Gasteiger partial charge on any atom is 0.256 e. The number of aromatic nitrogens is 1. The Labute approximate surface area is 188 Å². The molecule has 0 radical (unpaired) electrons. The van der Waals surface area contributed by atoms with Crippen molar-refractivity contribution >= 4 is 23.5 Å². The van der Waals surface area contributed by atoms with Gasteiger partial charge in [-0.3, -0.25) is 19.3 Å². The lowest BCUT2D eigenvalue weighted by molar-refractivity contribution is -0.141. The molecule has 1 aliphatic carbocycles. The van der Waals surface area contributed by atoms with Crippen LogP contribution in [0.2, 0.25) is 0 Å². The molecule has 3 aliphatic heterocycles. The van der Waals surface area contributed by atoms with Gasteiger partial charge in [0.25, 0.3) is 5.91 Å². The van der Waals surface area contributed by atoms with Crippen LogP contribution >= 0.6 is 0 Å². The lowest BCUT2D eigenvalue weighted by Gasteiger charge is -2.39. The standard InChI is InChI=1S/C23H32N6O3/c30-19-7-8-23(25-21-18(22(32)26-23)6-3-10-24-21)9-11-29(19)16-20(31)28-14-12-27(13-15-28)17-4-1-2-5-17/h3,6,10,17H,1-2,4-5,7-9,11-16H2,(H,24,25)(H,26,32). The predicted molar refractivity (Wildman–Crippen MR) is 119 cm³/mol. The highest BCUT2D eigenvalue weighted by Crippen LogP contribution is 2.30. The Hall–Kier alpha value is -2.68. The fraction of sp³-hybridized carbons (Fsp3) is 0.652. The molecule has 1 aromatic rings. The van der Waals surface area contributed by atoms with E-state index in [1.165, 1.54) is 25.7 Å². The van der Waals surface area contributed by atoms with E-state index in [4.69, 9.17) is 0 Å². The minimum absolute atomic E-state index is 0.0213. The first-order valence-corrected chi connectivity index (χ1v) is 11.9. The second kappa shape index (κ2) is 8.69. The molecule has 9 heteroatoms. The number of hydrogen-bond acceptors (Lipinski definition) is 6. The summed E-state index contributed by atoms with van der Waals surface area (Å²) in [6, 6.07) is 4.15. The van der Waals surface area contributed by atoms with E-state index < -0.39 is 5.66 Å². The van der Waals surface area contributed by atoms with Gasteiger partial charge in [-0.15, -0.1) is 0 Å². The largest absolute Gasteiger partial charge is 0.347 e. The van der Waals surface area contributed by atoms with Gasteiger partial charge in [-0.05, 0) is 31.4 Å². The predicted octanol–water partition coefficient (Wildman–Crippen LogP) is 1.03. The van der Waals surface area contributed by atoms with Crippen LogP contribution in [0.4, 0.5) is 5.82 Å². The lowest BCUT2D eigenvalue weighted by Crippen LogP contribution is -2.58. The molecule has 4 heterocycles. The van der Waals surface area contributed by atoms with Crippen molar-refractivity contribution in [2.24, 2.45) is 0 Å². The molecule has 1 aromatic heterocycles. The third-order valence-corrected chi connectivity index (χ3v) is 7.52.